The molecule has 0 fully saturated rings. The molecule has 102 valence electrons. The summed E-state index contributed by atoms with van der Waals surface area (Å²) in [7, 11) is 1.61. The van der Waals surface area contributed by atoms with Gasteiger partial charge in [-0.15, -0.1) is 10.2 Å². The van der Waals surface area contributed by atoms with E-state index in [-0.39, 0.29) is 6.04 Å². The Hall–Kier alpha value is -1.88. The first-order valence-corrected chi connectivity index (χ1v) is 6.34. The van der Waals surface area contributed by atoms with E-state index in [0.717, 1.165) is 12.0 Å². The molecule has 19 heavy (non-hydrogen) atoms. The van der Waals surface area contributed by atoms with Gasteiger partial charge in [-0.05, 0) is 24.5 Å². The van der Waals surface area contributed by atoms with Gasteiger partial charge in [0.1, 0.15) is 5.75 Å². The molecule has 0 spiro atoms. The van der Waals surface area contributed by atoms with Crippen molar-refractivity contribution in [3.8, 4) is 17.2 Å². The summed E-state index contributed by atoms with van der Waals surface area (Å²) in [5.74, 6) is 2.09. The van der Waals surface area contributed by atoms with E-state index in [4.69, 9.17) is 14.9 Å². The minimum atomic E-state index is -0.226. The van der Waals surface area contributed by atoms with E-state index < -0.39 is 0 Å². The molecule has 2 N–H and O–H groups in total. The zero-order valence-corrected chi connectivity index (χ0v) is 11.5. The van der Waals surface area contributed by atoms with Crippen LogP contribution < -0.4 is 10.5 Å². The summed E-state index contributed by atoms with van der Waals surface area (Å²) in [6.45, 7) is 4.22. The summed E-state index contributed by atoms with van der Waals surface area (Å²) in [6.07, 6.45) is 0.813. The van der Waals surface area contributed by atoms with E-state index >= 15 is 0 Å². The number of rotatable bonds is 5. The second kappa shape index (κ2) is 5.84. The number of ether oxygens (including phenoxy) is 1. The van der Waals surface area contributed by atoms with Crippen molar-refractivity contribution in [3.05, 3.63) is 30.2 Å². The van der Waals surface area contributed by atoms with Crippen LogP contribution in [0.5, 0.6) is 5.75 Å². The first-order chi connectivity index (χ1) is 9.11. The van der Waals surface area contributed by atoms with Crippen LogP contribution in [-0.2, 0) is 0 Å². The molecule has 5 heteroatoms. The van der Waals surface area contributed by atoms with Gasteiger partial charge in [-0.25, -0.2) is 0 Å². The normalized spacial score (nSPS) is 12.7. The fourth-order valence-electron chi connectivity index (χ4n) is 1.92. The lowest BCUT2D eigenvalue weighted by molar-refractivity contribution is 0.400. The molecule has 0 aliphatic carbocycles. The molecule has 1 aromatic heterocycles. The number of hydrogen-bond acceptors (Lipinski definition) is 5. The van der Waals surface area contributed by atoms with Gasteiger partial charge in [-0.2, -0.15) is 0 Å². The Kier molecular flexibility index (Phi) is 4.16. The summed E-state index contributed by atoms with van der Waals surface area (Å²) < 4.78 is 10.9. The molecule has 0 radical (unpaired) electrons. The Labute approximate surface area is 112 Å². The van der Waals surface area contributed by atoms with Gasteiger partial charge in [0.2, 0.25) is 5.89 Å². The van der Waals surface area contributed by atoms with E-state index in [9.17, 15) is 0 Å². The van der Waals surface area contributed by atoms with Gasteiger partial charge in [-0.1, -0.05) is 26.0 Å². The monoisotopic (exact) mass is 261 g/mol. The molecule has 1 heterocycles. The molecule has 0 aliphatic heterocycles. The Balaban J connectivity index is 2.25. The summed E-state index contributed by atoms with van der Waals surface area (Å²) in [6, 6.07) is 7.30. The highest BCUT2D eigenvalue weighted by atomic mass is 16.5. The van der Waals surface area contributed by atoms with Gasteiger partial charge in [0, 0.05) is 0 Å². The summed E-state index contributed by atoms with van der Waals surface area (Å²) in [4.78, 5) is 0. The molecule has 2 aromatic rings. The quantitative estimate of drug-likeness (QED) is 0.895. The highest BCUT2D eigenvalue weighted by Crippen LogP contribution is 2.29. The largest absolute Gasteiger partial charge is 0.496 e. The average Bonchev–Trinajstić information content (AvgIpc) is 2.87. The number of aromatic nitrogens is 2. The maximum Gasteiger partial charge on any atom is 0.251 e. The molecule has 0 aliphatic rings. The second-order valence-electron chi connectivity index (χ2n) is 4.88. The molecule has 1 aromatic carbocycles. The van der Waals surface area contributed by atoms with Crippen molar-refractivity contribution in [2.75, 3.05) is 7.11 Å². The van der Waals surface area contributed by atoms with Gasteiger partial charge in [-0.3, -0.25) is 0 Å². The Morgan fingerprint density at radius 2 is 2.00 bits per heavy atom. The van der Waals surface area contributed by atoms with E-state index in [0.29, 0.717) is 23.4 Å². The summed E-state index contributed by atoms with van der Waals surface area (Å²) in [5.41, 5.74) is 6.81. The van der Waals surface area contributed by atoms with Crippen LogP contribution in [0.3, 0.4) is 0 Å². The van der Waals surface area contributed by atoms with E-state index in [1.54, 1.807) is 7.11 Å². The summed E-state index contributed by atoms with van der Waals surface area (Å²) >= 11 is 0. The maximum absolute atomic E-state index is 6.03. The molecular weight excluding hydrogens is 242 g/mol. The fraction of sp³-hybridized carbons (Fsp3) is 0.429. The number of para-hydroxylation sites is 1. The third-order valence-corrected chi connectivity index (χ3v) is 2.82. The number of methoxy groups -OCH3 is 1. The maximum atomic E-state index is 6.03. The average molecular weight is 261 g/mol. The van der Waals surface area contributed by atoms with Crippen LogP contribution >= 0.6 is 0 Å². The molecule has 0 amide bonds. The molecule has 0 bridgehead atoms. The Bertz CT molecular complexity index is 537. The lowest BCUT2D eigenvalue weighted by Crippen LogP contribution is -2.13. The minimum absolute atomic E-state index is 0.226. The van der Waals surface area contributed by atoms with Gasteiger partial charge < -0.3 is 14.9 Å². The Morgan fingerprint density at radius 1 is 1.26 bits per heavy atom. The highest BCUT2D eigenvalue weighted by molar-refractivity contribution is 5.62. The molecule has 2 rings (SSSR count). The Morgan fingerprint density at radius 3 is 2.68 bits per heavy atom. The highest BCUT2D eigenvalue weighted by Gasteiger charge is 2.18. The predicted octanol–water partition coefficient (Wildman–Crippen LogP) is 2.79. The lowest BCUT2D eigenvalue weighted by atomic mass is 10.0. The zero-order valence-electron chi connectivity index (χ0n) is 11.5. The van der Waals surface area contributed by atoms with Crippen LogP contribution in [0.25, 0.3) is 11.5 Å². The number of benzene rings is 1. The van der Waals surface area contributed by atoms with E-state index in [2.05, 4.69) is 24.0 Å². The van der Waals surface area contributed by atoms with Crippen molar-refractivity contribution in [1.29, 1.82) is 0 Å². The topological polar surface area (TPSA) is 74.2 Å². The number of nitrogens with two attached hydrogens (primary N) is 1. The summed E-state index contributed by atoms with van der Waals surface area (Å²) in [5, 5.41) is 8.07. The molecule has 5 nitrogen and oxygen atoms in total. The van der Waals surface area contributed by atoms with Crippen molar-refractivity contribution in [1.82, 2.24) is 10.2 Å². The zero-order chi connectivity index (χ0) is 13.8. The second-order valence-corrected chi connectivity index (χ2v) is 4.88. The van der Waals surface area contributed by atoms with Crippen molar-refractivity contribution >= 4 is 0 Å². The van der Waals surface area contributed by atoms with Gasteiger partial charge in [0.15, 0.2) is 0 Å². The van der Waals surface area contributed by atoms with Crippen molar-refractivity contribution in [2.24, 2.45) is 11.7 Å². The molecule has 1 atom stereocenters. The van der Waals surface area contributed by atoms with Gasteiger partial charge in [0.05, 0.1) is 18.7 Å². The van der Waals surface area contributed by atoms with Crippen LogP contribution in [-0.4, -0.2) is 17.3 Å². The van der Waals surface area contributed by atoms with E-state index in [1.807, 2.05) is 24.3 Å². The van der Waals surface area contributed by atoms with Gasteiger partial charge >= 0.3 is 0 Å². The minimum Gasteiger partial charge on any atom is -0.496 e. The SMILES string of the molecule is COc1ccccc1-c1nnc(C(N)CC(C)C)o1. The van der Waals surface area contributed by atoms with Crippen molar-refractivity contribution < 1.29 is 9.15 Å². The third kappa shape index (κ3) is 3.12. The fourth-order valence-corrected chi connectivity index (χ4v) is 1.92. The number of hydrogen-bond donors (Lipinski definition) is 1. The van der Waals surface area contributed by atoms with Crippen LogP contribution in [0.15, 0.2) is 28.7 Å². The van der Waals surface area contributed by atoms with Gasteiger partial charge in [0.25, 0.3) is 5.89 Å². The van der Waals surface area contributed by atoms with Crippen LogP contribution in [0.1, 0.15) is 32.2 Å². The first kappa shape index (κ1) is 13.5. The van der Waals surface area contributed by atoms with Crippen LogP contribution in [0, 0.1) is 5.92 Å². The molecule has 1 unspecified atom stereocenters. The molecule has 0 saturated heterocycles. The van der Waals surface area contributed by atoms with Crippen LogP contribution in [0.2, 0.25) is 0 Å². The first-order valence-electron chi connectivity index (χ1n) is 6.34. The van der Waals surface area contributed by atoms with E-state index in [1.165, 1.54) is 0 Å². The number of nitrogens with zero attached hydrogens (tertiary/aromatic N) is 2. The smallest absolute Gasteiger partial charge is 0.251 e. The molecule has 0 saturated carbocycles. The molecular formula is C14H19N3O2. The van der Waals surface area contributed by atoms with Crippen molar-refractivity contribution in [3.63, 3.8) is 0 Å². The predicted molar refractivity (Wildman–Crippen MR) is 72.7 cm³/mol. The lowest BCUT2D eigenvalue weighted by Gasteiger charge is -2.09. The van der Waals surface area contributed by atoms with Crippen molar-refractivity contribution in [2.45, 2.75) is 26.3 Å². The third-order valence-electron chi connectivity index (χ3n) is 2.82. The van der Waals surface area contributed by atoms with Crippen LogP contribution in [0.4, 0.5) is 0 Å². The standard InChI is InChI=1S/C14H19N3O2/c1-9(2)8-11(15)14-17-16-13(19-14)10-6-4-5-7-12(10)18-3/h4-7,9,11H,8,15H2,1-3H3.